The van der Waals surface area contributed by atoms with Crippen molar-refractivity contribution in [3.8, 4) is 0 Å². The molecule has 0 saturated heterocycles. The molecule has 3 N–H and O–H groups in total. The van der Waals surface area contributed by atoms with Crippen molar-refractivity contribution in [3.05, 3.63) is 48.5 Å². The van der Waals surface area contributed by atoms with E-state index in [1.54, 1.807) is 18.2 Å². The molecule has 3 amide bonds. The van der Waals surface area contributed by atoms with Gasteiger partial charge in [0, 0.05) is 6.42 Å². The zero-order valence-corrected chi connectivity index (χ0v) is 19.9. The average Bonchev–Trinajstić information content (AvgIpc) is 2.79. The van der Waals surface area contributed by atoms with E-state index in [1.165, 1.54) is 30.3 Å². The van der Waals surface area contributed by atoms with E-state index in [0.29, 0.717) is 0 Å². The number of nitrogens with one attached hydrogen (secondary N) is 3. The minimum atomic E-state index is -3.92. The molecule has 0 heterocycles. The molecule has 0 atom stereocenters. The summed E-state index contributed by atoms with van der Waals surface area (Å²) in [6, 6.07) is 11.7. The maximum absolute atomic E-state index is 13.1. The van der Waals surface area contributed by atoms with Crippen molar-refractivity contribution in [3.63, 3.8) is 0 Å². The molecule has 2 aromatic carbocycles. The number of anilines is 1. The molecule has 0 aliphatic rings. The van der Waals surface area contributed by atoms with Crippen molar-refractivity contribution in [2.75, 3.05) is 19.5 Å². The van der Waals surface area contributed by atoms with Gasteiger partial charge in [0.25, 0.3) is 0 Å². The molecule has 11 nitrogen and oxygen atoms in total. The van der Waals surface area contributed by atoms with Gasteiger partial charge < -0.3 is 14.8 Å². The lowest BCUT2D eigenvalue weighted by molar-refractivity contribution is -0.116. The molecule has 0 spiro atoms. The van der Waals surface area contributed by atoms with Crippen LogP contribution in [0.5, 0.6) is 0 Å². The first kappa shape index (κ1) is 26.3. The molecule has 0 unspecified atom stereocenters. The first-order chi connectivity index (χ1) is 16.1. The second-order valence-corrected chi connectivity index (χ2v) is 9.28. The highest BCUT2D eigenvalue weighted by Crippen LogP contribution is 2.31. The van der Waals surface area contributed by atoms with Crippen LogP contribution < -0.4 is 16.0 Å². The van der Waals surface area contributed by atoms with E-state index in [2.05, 4.69) is 30.4 Å². The predicted molar refractivity (Wildman–Crippen MR) is 125 cm³/mol. The second kappa shape index (κ2) is 11.8. The van der Waals surface area contributed by atoms with Crippen LogP contribution in [0.15, 0.2) is 63.3 Å². The summed E-state index contributed by atoms with van der Waals surface area (Å²) in [5, 5.41) is 7.07. The third-order valence-electron chi connectivity index (χ3n) is 4.24. The molecule has 0 fully saturated rings. The number of ether oxygens (including phenoxy) is 2. The zero-order chi connectivity index (χ0) is 25.3. The van der Waals surface area contributed by atoms with Gasteiger partial charge in [-0.2, -0.15) is 0 Å². The summed E-state index contributed by atoms with van der Waals surface area (Å²) < 4.78 is 35.2. The number of hydrogen-bond donors (Lipinski definition) is 3. The van der Waals surface area contributed by atoms with E-state index in [0.717, 1.165) is 14.2 Å². The van der Waals surface area contributed by atoms with Crippen molar-refractivity contribution < 1.29 is 32.3 Å². The Balaban J connectivity index is 2.61. The van der Waals surface area contributed by atoms with Gasteiger partial charge >= 0.3 is 12.2 Å². The minimum Gasteiger partial charge on any atom is -0.453 e. The number of guanidine groups is 1. The summed E-state index contributed by atoms with van der Waals surface area (Å²) >= 11 is 0. The van der Waals surface area contributed by atoms with E-state index in [1.807, 2.05) is 13.8 Å². The number of carbonyl (C=O) groups excluding carboxylic acids is 3. The first-order valence-corrected chi connectivity index (χ1v) is 11.6. The third kappa shape index (κ3) is 7.30. The maximum atomic E-state index is 13.1. The molecule has 2 aromatic rings. The number of alkyl carbamates (subject to hydrolysis) is 2. The van der Waals surface area contributed by atoms with Gasteiger partial charge in [-0.3, -0.25) is 15.4 Å². The molecule has 0 radical (unpaired) electrons. The smallest absolute Gasteiger partial charge is 0.413 e. The van der Waals surface area contributed by atoms with Gasteiger partial charge in [0.1, 0.15) is 0 Å². The number of sulfone groups is 1. The lowest BCUT2D eigenvalue weighted by Gasteiger charge is -2.14. The van der Waals surface area contributed by atoms with Crippen LogP contribution in [0.3, 0.4) is 0 Å². The molecule has 0 saturated carbocycles. The number of hydrogen-bond acceptors (Lipinski definition) is 8. The average molecular weight is 491 g/mol. The van der Waals surface area contributed by atoms with Crippen molar-refractivity contribution in [1.29, 1.82) is 0 Å². The Morgan fingerprint density at radius 2 is 1.50 bits per heavy atom. The number of amides is 3. The van der Waals surface area contributed by atoms with E-state index >= 15 is 0 Å². The monoisotopic (exact) mass is 490 g/mol. The number of carbonyl (C=O) groups is 3. The summed E-state index contributed by atoms with van der Waals surface area (Å²) in [4.78, 5) is 39.9. The highest BCUT2D eigenvalue weighted by atomic mass is 32.2. The van der Waals surface area contributed by atoms with Crippen LogP contribution in [0, 0.1) is 5.92 Å². The largest absolute Gasteiger partial charge is 0.453 e. The van der Waals surface area contributed by atoms with Crippen molar-refractivity contribution in [2.24, 2.45) is 10.9 Å². The maximum Gasteiger partial charge on any atom is 0.413 e. The van der Waals surface area contributed by atoms with E-state index < -0.39 is 28.0 Å². The summed E-state index contributed by atoms with van der Waals surface area (Å²) in [6.07, 6.45) is -1.69. The standard InChI is InChI=1S/C22H26N4O7S/c1-14(2)12-19(27)23-17-11-10-16(34(30,31)15-8-6-5-7-9-15)13-18(17)24-20(25-21(28)32-3)26-22(29)33-4/h5-11,13-14H,12H2,1-4H3,(H,23,27)(H2,24,25,26,28,29). The van der Waals surface area contributed by atoms with Crippen molar-refractivity contribution in [2.45, 2.75) is 30.1 Å². The Bertz CT molecular complexity index is 1160. The number of nitrogens with zero attached hydrogens (tertiary/aromatic N) is 1. The highest BCUT2D eigenvalue weighted by Gasteiger charge is 2.20. The molecule has 0 aromatic heterocycles. The Hall–Kier alpha value is -3.93. The molecular formula is C22H26N4O7S. The number of rotatable bonds is 6. The third-order valence-corrected chi connectivity index (χ3v) is 6.01. The van der Waals surface area contributed by atoms with Crippen LogP contribution in [-0.2, 0) is 24.1 Å². The molecule has 12 heteroatoms. The summed E-state index contributed by atoms with van der Waals surface area (Å²) in [5.41, 5.74) is 0.116. The van der Waals surface area contributed by atoms with Gasteiger partial charge in [0.15, 0.2) is 0 Å². The van der Waals surface area contributed by atoms with Crippen LogP contribution in [0.2, 0.25) is 0 Å². The van der Waals surface area contributed by atoms with Gasteiger partial charge in [-0.1, -0.05) is 32.0 Å². The molecule has 0 aliphatic carbocycles. The Kier molecular flexibility index (Phi) is 9.13. The SMILES string of the molecule is COC(=O)NC(=Nc1cc(S(=O)(=O)c2ccccc2)ccc1NC(=O)CC(C)C)NC(=O)OC. The Labute approximate surface area is 197 Å². The molecule has 182 valence electrons. The Morgan fingerprint density at radius 1 is 0.912 bits per heavy atom. The zero-order valence-electron chi connectivity index (χ0n) is 19.1. The molecule has 2 rings (SSSR count). The first-order valence-electron chi connectivity index (χ1n) is 10.1. The summed E-state index contributed by atoms with van der Waals surface area (Å²) in [6.45, 7) is 3.74. The van der Waals surface area contributed by atoms with Crippen LogP contribution in [0.25, 0.3) is 0 Å². The molecule has 34 heavy (non-hydrogen) atoms. The number of methoxy groups -OCH3 is 2. The van der Waals surface area contributed by atoms with Gasteiger partial charge in [-0.05, 0) is 36.2 Å². The molecule has 0 aliphatic heterocycles. The molecular weight excluding hydrogens is 464 g/mol. The summed E-state index contributed by atoms with van der Waals surface area (Å²) in [5.74, 6) is -0.664. The van der Waals surface area contributed by atoms with Crippen molar-refractivity contribution >= 4 is 45.3 Å². The van der Waals surface area contributed by atoms with Crippen molar-refractivity contribution in [1.82, 2.24) is 10.6 Å². The molecule has 0 bridgehead atoms. The minimum absolute atomic E-state index is 0.0445. The lowest BCUT2D eigenvalue weighted by atomic mass is 10.1. The fourth-order valence-electron chi connectivity index (χ4n) is 2.69. The van der Waals surface area contributed by atoms with E-state index in [4.69, 9.17) is 0 Å². The normalized spacial score (nSPS) is 10.7. The van der Waals surface area contributed by atoms with Gasteiger partial charge in [-0.25, -0.2) is 23.0 Å². The summed E-state index contributed by atoms with van der Waals surface area (Å²) in [7, 11) is -1.71. The fourth-order valence-corrected chi connectivity index (χ4v) is 3.99. The lowest BCUT2D eigenvalue weighted by Crippen LogP contribution is -2.43. The number of benzene rings is 2. The van der Waals surface area contributed by atoms with Gasteiger partial charge in [0.05, 0.1) is 35.4 Å². The fraction of sp³-hybridized carbons (Fsp3) is 0.273. The van der Waals surface area contributed by atoms with Crippen LogP contribution in [-0.4, -0.2) is 46.7 Å². The predicted octanol–water partition coefficient (Wildman–Crippen LogP) is 3.20. The topological polar surface area (TPSA) is 152 Å². The highest BCUT2D eigenvalue weighted by molar-refractivity contribution is 7.91. The Morgan fingerprint density at radius 3 is 2.03 bits per heavy atom. The second-order valence-electron chi connectivity index (χ2n) is 7.34. The van der Waals surface area contributed by atoms with E-state index in [9.17, 15) is 22.8 Å². The van der Waals surface area contributed by atoms with Crippen LogP contribution >= 0.6 is 0 Å². The quantitative estimate of drug-likeness (QED) is 0.415. The van der Waals surface area contributed by atoms with Gasteiger partial charge in [-0.15, -0.1) is 0 Å². The number of aliphatic imine (C=N–C) groups is 1. The van der Waals surface area contributed by atoms with Crippen LogP contribution in [0.4, 0.5) is 21.0 Å². The van der Waals surface area contributed by atoms with Crippen LogP contribution in [0.1, 0.15) is 20.3 Å². The van der Waals surface area contributed by atoms with Gasteiger partial charge in [0.2, 0.25) is 21.7 Å². The van der Waals surface area contributed by atoms with E-state index in [-0.39, 0.29) is 39.4 Å².